The topological polar surface area (TPSA) is 99.3 Å². The standard InChI is InChI=1S/C25H26N4O3/c1-17(18-6-4-3-5-7-18)28-25(32)20-10-14-22(15-11-20)29-23(30)16-27-21-12-8-19(9-13-21)24(31)26-2/h3-15,17,27H,16H2,1-2H3,(H,26,31)(H,28,32)(H,29,30). The number of carbonyl (C=O) groups is 3. The van der Waals surface area contributed by atoms with E-state index in [-0.39, 0.29) is 30.3 Å². The van der Waals surface area contributed by atoms with Gasteiger partial charge in [0.15, 0.2) is 0 Å². The molecule has 0 fully saturated rings. The third kappa shape index (κ3) is 6.18. The highest BCUT2D eigenvalue weighted by Gasteiger charge is 2.11. The van der Waals surface area contributed by atoms with Crippen LogP contribution >= 0.6 is 0 Å². The Labute approximate surface area is 187 Å². The van der Waals surface area contributed by atoms with Crippen molar-refractivity contribution in [2.24, 2.45) is 0 Å². The van der Waals surface area contributed by atoms with Gasteiger partial charge >= 0.3 is 0 Å². The van der Waals surface area contributed by atoms with Crippen molar-refractivity contribution in [2.45, 2.75) is 13.0 Å². The first-order valence-corrected chi connectivity index (χ1v) is 10.3. The van der Waals surface area contributed by atoms with Crippen LogP contribution in [0.1, 0.15) is 39.2 Å². The Bertz CT molecular complexity index is 1060. The third-order valence-corrected chi connectivity index (χ3v) is 4.91. The van der Waals surface area contributed by atoms with Gasteiger partial charge in [0, 0.05) is 29.5 Å². The summed E-state index contributed by atoms with van der Waals surface area (Å²) in [5.41, 5.74) is 3.41. The van der Waals surface area contributed by atoms with E-state index in [0.29, 0.717) is 16.8 Å². The second-order valence-electron chi connectivity index (χ2n) is 7.24. The molecule has 32 heavy (non-hydrogen) atoms. The van der Waals surface area contributed by atoms with Crippen molar-refractivity contribution in [1.29, 1.82) is 0 Å². The van der Waals surface area contributed by atoms with Crippen molar-refractivity contribution in [3.63, 3.8) is 0 Å². The van der Waals surface area contributed by atoms with Crippen LogP contribution in [0.25, 0.3) is 0 Å². The lowest BCUT2D eigenvalue weighted by Gasteiger charge is -2.14. The van der Waals surface area contributed by atoms with Crippen LogP contribution in [0.3, 0.4) is 0 Å². The van der Waals surface area contributed by atoms with Gasteiger partial charge in [-0.2, -0.15) is 0 Å². The molecule has 0 aliphatic rings. The normalized spacial score (nSPS) is 11.2. The van der Waals surface area contributed by atoms with Crippen molar-refractivity contribution in [3.8, 4) is 0 Å². The minimum absolute atomic E-state index is 0.0656. The van der Waals surface area contributed by atoms with Gasteiger partial charge in [-0.25, -0.2) is 0 Å². The number of benzene rings is 3. The van der Waals surface area contributed by atoms with Gasteiger partial charge in [-0.1, -0.05) is 30.3 Å². The fourth-order valence-electron chi connectivity index (χ4n) is 3.08. The molecule has 0 radical (unpaired) electrons. The molecule has 0 heterocycles. The number of hydrogen-bond donors (Lipinski definition) is 4. The van der Waals surface area contributed by atoms with Crippen molar-refractivity contribution in [1.82, 2.24) is 10.6 Å². The van der Waals surface area contributed by atoms with Crippen LogP contribution in [0.15, 0.2) is 78.9 Å². The molecule has 7 heteroatoms. The molecule has 4 N–H and O–H groups in total. The second-order valence-corrected chi connectivity index (χ2v) is 7.24. The molecule has 0 aromatic heterocycles. The zero-order chi connectivity index (χ0) is 22.9. The number of amides is 3. The van der Waals surface area contributed by atoms with Crippen LogP contribution in [0.5, 0.6) is 0 Å². The predicted molar refractivity (Wildman–Crippen MR) is 126 cm³/mol. The molecule has 3 amide bonds. The van der Waals surface area contributed by atoms with E-state index in [1.165, 1.54) is 0 Å². The summed E-state index contributed by atoms with van der Waals surface area (Å²) in [5, 5.41) is 11.3. The first-order valence-electron chi connectivity index (χ1n) is 10.3. The lowest BCUT2D eigenvalue weighted by atomic mass is 10.1. The maximum Gasteiger partial charge on any atom is 0.251 e. The first-order chi connectivity index (χ1) is 15.5. The maximum atomic E-state index is 12.5. The van der Waals surface area contributed by atoms with E-state index >= 15 is 0 Å². The summed E-state index contributed by atoms with van der Waals surface area (Å²) in [7, 11) is 1.57. The molecule has 0 bridgehead atoms. The number of carbonyl (C=O) groups excluding carboxylic acids is 3. The fourth-order valence-corrected chi connectivity index (χ4v) is 3.08. The highest BCUT2D eigenvalue weighted by atomic mass is 16.2. The van der Waals surface area contributed by atoms with Crippen molar-refractivity contribution < 1.29 is 14.4 Å². The van der Waals surface area contributed by atoms with Gasteiger partial charge in [-0.15, -0.1) is 0 Å². The molecule has 0 saturated carbocycles. The Morgan fingerprint density at radius 1 is 0.750 bits per heavy atom. The van der Waals surface area contributed by atoms with Crippen LogP contribution in [0.2, 0.25) is 0 Å². The van der Waals surface area contributed by atoms with Gasteiger partial charge in [0.2, 0.25) is 5.91 Å². The lowest BCUT2D eigenvalue weighted by Crippen LogP contribution is -2.26. The lowest BCUT2D eigenvalue weighted by molar-refractivity contribution is -0.114. The molecule has 0 spiro atoms. The molecule has 164 valence electrons. The average Bonchev–Trinajstić information content (AvgIpc) is 2.83. The number of hydrogen-bond acceptors (Lipinski definition) is 4. The average molecular weight is 431 g/mol. The van der Waals surface area contributed by atoms with Crippen LogP contribution in [-0.4, -0.2) is 31.3 Å². The predicted octanol–water partition coefficient (Wildman–Crippen LogP) is 3.59. The van der Waals surface area contributed by atoms with E-state index in [4.69, 9.17) is 0 Å². The van der Waals surface area contributed by atoms with Gasteiger partial charge in [-0.05, 0) is 61.0 Å². The monoisotopic (exact) mass is 430 g/mol. The SMILES string of the molecule is CNC(=O)c1ccc(NCC(=O)Nc2ccc(C(=O)NC(C)c3ccccc3)cc2)cc1. The molecule has 0 aliphatic carbocycles. The van der Waals surface area contributed by atoms with Crippen LogP contribution in [0.4, 0.5) is 11.4 Å². The zero-order valence-corrected chi connectivity index (χ0v) is 18.0. The Hall–Kier alpha value is -4.13. The molecule has 0 aliphatic heterocycles. The summed E-state index contributed by atoms with van der Waals surface area (Å²) in [5.74, 6) is -0.572. The molecule has 7 nitrogen and oxygen atoms in total. The Kier molecular flexibility index (Phi) is 7.59. The largest absolute Gasteiger partial charge is 0.376 e. The highest BCUT2D eigenvalue weighted by molar-refractivity contribution is 5.97. The summed E-state index contributed by atoms with van der Waals surface area (Å²) < 4.78 is 0. The van der Waals surface area contributed by atoms with Gasteiger partial charge < -0.3 is 21.3 Å². The highest BCUT2D eigenvalue weighted by Crippen LogP contribution is 2.14. The van der Waals surface area contributed by atoms with E-state index in [1.54, 1.807) is 55.6 Å². The Balaban J connectivity index is 1.48. The summed E-state index contributed by atoms with van der Waals surface area (Å²) >= 11 is 0. The molecule has 3 rings (SSSR count). The first kappa shape index (κ1) is 22.6. The van der Waals surface area contributed by atoms with E-state index < -0.39 is 0 Å². The van der Waals surface area contributed by atoms with E-state index in [0.717, 1.165) is 11.3 Å². The van der Waals surface area contributed by atoms with Gasteiger partial charge in [0.1, 0.15) is 0 Å². The Morgan fingerprint density at radius 2 is 1.31 bits per heavy atom. The Morgan fingerprint density at radius 3 is 1.91 bits per heavy atom. The second kappa shape index (κ2) is 10.8. The molecule has 3 aromatic carbocycles. The fraction of sp³-hybridized carbons (Fsp3) is 0.160. The van der Waals surface area contributed by atoms with E-state index in [9.17, 15) is 14.4 Å². The van der Waals surface area contributed by atoms with Crippen molar-refractivity contribution in [3.05, 3.63) is 95.6 Å². The van der Waals surface area contributed by atoms with Gasteiger partial charge in [0.05, 0.1) is 12.6 Å². The summed E-state index contributed by atoms with van der Waals surface area (Å²) in [6.07, 6.45) is 0. The summed E-state index contributed by atoms with van der Waals surface area (Å²) in [4.78, 5) is 36.2. The number of rotatable bonds is 8. The number of anilines is 2. The molecule has 3 aromatic rings. The van der Waals surface area contributed by atoms with Crippen molar-refractivity contribution in [2.75, 3.05) is 24.2 Å². The molecule has 0 saturated heterocycles. The quantitative estimate of drug-likeness (QED) is 0.439. The molecular weight excluding hydrogens is 404 g/mol. The van der Waals surface area contributed by atoms with Gasteiger partial charge in [-0.3, -0.25) is 14.4 Å². The smallest absolute Gasteiger partial charge is 0.251 e. The zero-order valence-electron chi connectivity index (χ0n) is 18.0. The van der Waals surface area contributed by atoms with Crippen molar-refractivity contribution >= 4 is 29.1 Å². The molecule has 1 atom stereocenters. The van der Waals surface area contributed by atoms with Crippen LogP contribution in [0, 0.1) is 0 Å². The maximum absolute atomic E-state index is 12.5. The molecule has 1 unspecified atom stereocenters. The van der Waals surface area contributed by atoms with Gasteiger partial charge in [0.25, 0.3) is 11.8 Å². The minimum Gasteiger partial charge on any atom is -0.376 e. The minimum atomic E-state index is -0.227. The molecular formula is C25H26N4O3. The van der Waals surface area contributed by atoms with Crippen LogP contribution in [-0.2, 0) is 4.79 Å². The van der Waals surface area contributed by atoms with E-state index in [1.807, 2.05) is 37.3 Å². The third-order valence-electron chi connectivity index (χ3n) is 4.91. The summed E-state index contributed by atoms with van der Waals surface area (Å²) in [6.45, 7) is 2.00. The number of nitrogens with one attached hydrogen (secondary N) is 4. The van der Waals surface area contributed by atoms with Crippen LogP contribution < -0.4 is 21.3 Å². The summed E-state index contributed by atoms with van der Waals surface area (Å²) in [6, 6.07) is 23.2. The van der Waals surface area contributed by atoms with E-state index in [2.05, 4.69) is 21.3 Å².